The van der Waals surface area contributed by atoms with E-state index in [0.717, 1.165) is 19.6 Å². The van der Waals surface area contributed by atoms with E-state index in [0.29, 0.717) is 18.2 Å². The van der Waals surface area contributed by atoms with Gasteiger partial charge in [-0.1, -0.05) is 37.2 Å². The van der Waals surface area contributed by atoms with Crippen molar-refractivity contribution in [2.24, 2.45) is 16.8 Å². The minimum atomic E-state index is 0.291. The molecule has 20 heavy (non-hydrogen) atoms. The van der Waals surface area contributed by atoms with Gasteiger partial charge in [0.25, 0.3) is 0 Å². The molecule has 0 saturated heterocycles. The van der Waals surface area contributed by atoms with E-state index in [1.54, 1.807) is 0 Å². The van der Waals surface area contributed by atoms with Crippen LogP contribution in [0.1, 0.15) is 37.0 Å². The van der Waals surface area contributed by atoms with Gasteiger partial charge in [0.2, 0.25) is 0 Å². The van der Waals surface area contributed by atoms with Crippen molar-refractivity contribution in [1.82, 2.24) is 4.90 Å². The fourth-order valence-electron chi connectivity index (χ4n) is 2.23. The Bertz CT molecular complexity index is 455. The van der Waals surface area contributed by atoms with Crippen LogP contribution in [-0.2, 0) is 6.54 Å². The third kappa shape index (κ3) is 5.61. The van der Waals surface area contributed by atoms with Crippen LogP contribution in [0.2, 0.25) is 0 Å². The van der Waals surface area contributed by atoms with Gasteiger partial charge in [0.05, 0.1) is 0 Å². The molecule has 0 fully saturated rings. The second-order valence-electron chi connectivity index (χ2n) is 5.89. The molecule has 0 amide bonds. The monoisotopic (exact) mass is 277 g/mol. The molecule has 0 spiro atoms. The Morgan fingerprint density at radius 1 is 1.30 bits per heavy atom. The van der Waals surface area contributed by atoms with E-state index in [1.807, 2.05) is 0 Å². The summed E-state index contributed by atoms with van der Waals surface area (Å²) in [5.41, 5.74) is 9.52. The second kappa shape index (κ2) is 7.90. The predicted molar refractivity (Wildman–Crippen MR) is 84.1 cm³/mol. The highest BCUT2D eigenvalue weighted by Crippen LogP contribution is 2.13. The maximum atomic E-state index is 8.63. The molecular formula is C16H27N3O. The van der Waals surface area contributed by atoms with Gasteiger partial charge in [-0.05, 0) is 36.5 Å². The van der Waals surface area contributed by atoms with Crippen LogP contribution in [0.4, 0.5) is 0 Å². The van der Waals surface area contributed by atoms with Crippen LogP contribution >= 0.6 is 0 Å². The second-order valence-corrected chi connectivity index (χ2v) is 5.89. The number of nitrogens with zero attached hydrogens (tertiary/aromatic N) is 2. The summed E-state index contributed by atoms with van der Waals surface area (Å²) in [5.74, 6) is 0.882. The lowest BCUT2D eigenvalue weighted by Gasteiger charge is -2.24. The Kier molecular flexibility index (Phi) is 6.52. The first-order valence-electron chi connectivity index (χ1n) is 7.17. The van der Waals surface area contributed by atoms with Gasteiger partial charge in [0, 0.05) is 26.1 Å². The van der Waals surface area contributed by atoms with Crippen molar-refractivity contribution in [3.63, 3.8) is 0 Å². The van der Waals surface area contributed by atoms with E-state index in [-0.39, 0.29) is 0 Å². The van der Waals surface area contributed by atoms with Gasteiger partial charge in [-0.2, -0.15) is 0 Å². The molecule has 0 heterocycles. The molecule has 4 heteroatoms. The largest absolute Gasteiger partial charge is 0.409 e. The summed E-state index contributed by atoms with van der Waals surface area (Å²) in [5, 5.41) is 11.7. The first-order chi connectivity index (χ1) is 9.42. The Morgan fingerprint density at radius 3 is 2.55 bits per heavy atom. The van der Waals surface area contributed by atoms with E-state index in [9.17, 15) is 0 Å². The van der Waals surface area contributed by atoms with E-state index in [1.165, 1.54) is 16.7 Å². The highest BCUT2D eigenvalue weighted by molar-refractivity contribution is 5.79. The van der Waals surface area contributed by atoms with Gasteiger partial charge in [-0.3, -0.25) is 4.90 Å². The molecule has 0 radical (unpaired) electrons. The molecule has 4 nitrogen and oxygen atoms in total. The van der Waals surface area contributed by atoms with Crippen LogP contribution in [0.5, 0.6) is 0 Å². The van der Waals surface area contributed by atoms with Crippen molar-refractivity contribution >= 4 is 5.84 Å². The van der Waals surface area contributed by atoms with Gasteiger partial charge in [-0.25, -0.2) is 0 Å². The normalized spacial score (nSPS) is 12.4. The number of hydrogen-bond donors (Lipinski definition) is 2. The fourth-order valence-corrected chi connectivity index (χ4v) is 2.23. The quantitative estimate of drug-likeness (QED) is 0.349. The molecule has 0 bridgehead atoms. The number of hydrogen-bond acceptors (Lipinski definition) is 3. The molecule has 0 aromatic heterocycles. The van der Waals surface area contributed by atoms with Crippen molar-refractivity contribution in [2.75, 3.05) is 13.1 Å². The molecule has 0 unspecified atom stereocenters. The Balaban J connectivity index is 2.70. The first-order valence-corrected chi connectivity index (χ1v) is 7.17. The molecule has 1 rings (SSSR count). The summed E-state index contributed by atoms with van der Waals surface area (Å²) < 4.78 is 0. The van der Waals surface area contributed by atoms with Crippen molar-refractivity contribution in [3.05, 3.63) is 34.9 Å². The Morgan fingerprint density at radius 2 is 2.00 bits per heavy atom. The number of amidine groups is 1. The smallest absolute Gasteiger partial charge is 0.140 e. The Hall–Kier alpha value is -1.55. The van der Waals surface area contributed by atoms with Crippen LogP contribution in [0.25, 0.3) is 0 Å². The molecule has 0 aliphatic heterocycles. The molecule has 0 aliphatic carbocycles. The van der Waals surface area contributed by atoms with Crippen LogP contribution in [0, 0.1) is 19.8 Å². The van der Waals surface area contributed by atoms with Gasteiger partial charge in [-0.15, -0.1) is 0 Å². The lowest BCUT2D eigenvalue weighted by molar-refractivity contribution is 0.240. The van der Waals surface area contributed by atoms with E-state index >= 15 is 0 Å². The van der Waals surface area contributed by atoms with Gasteiger partial charge in [0.15, 0.2) is 0 Å². The van der Waals surface area contributed by atoms with Crippen LogP contribution in [-0.4, -0.2) is 29.0 Å². The molecule has 1 aromatic carbocycles. The zero-order valence-electron chi connectivity index (χ0n) is 13.1. The van der Waals surface area contributed by atoms with Crippen molar-refractivity contribution in [3.8, 4) is 0 Å². The third-order valence-corrected chi connectivity index (χ3v) is 3.41. The van der Waals surface area contributed by atoms with E-state index < -0.39 is 0 Å². The standard InChI is InChI=1S/C16H27N3O/c1-12(2)10-19(8-7-16(17)18-20)11-15-6-5-13(3)14(4)9-15/h5-6,9,12,20H,7-8,10-11H2,1-4H3,(H2,17,18). The van der Waals surface area contributed by atoms with Crippen molar-refractivity contribution < 1.29 is 5.21 Å². The molecule has 3 N–H and O–H groups in total. The molecule has 0 saturated carbocycles. The summed E-state index contributed by atoms with van der Waals surface area (Å²) >= 11 is 0. The molecule has 112 valence electrons. The maximum Gasteiger partial charge on any atom is 0.140 e. The average Bonchev–Trinajstić information content (AvgIpc) is 2.39. The predicted octanol–water partition coefficient (Wildman–Crippen LogP) is 2.90. The van der Waals surface area contributed by atoms with Crippen LogP contribution in [0.3, 0.4) is 0 Å². The van der Waals surface area contributed by atoms with Crippen LogP contribution in [0.15, 0.2) is 23.4 Å². The zero-order valence-corrected chi connectivity index (χ0v) is 13.1. The minimum absolute atomic E-state index is 0.291. The molecule has 0 atom stereocenters. The molecule has 1 aromatic rings. The summed E-state index contributed by atoms with van der Waals surface area (Å²) in [7, 11) is 0. The van der Waals surface area contributed by atoms with Crippen LogP contribution < -0.4 is 5.73 Å². The summed E-state index contributed by atoms with van der Waals surface area (Å²) in [4.78, 5) is 2.35. The van der Waals surface area contributed by atoms with Gasteiger partial charge in [0.1, 0.15) is 5.84 Å². The Labute approximate surface area is 122 Å². The SMILES string of the molecule is Cc1ccc(CN(CCC(N)=NO)CC(C)C)cc1C. The number of rotatable bonds is 7. The summed E-state index contributed by atoms with van der Waals surface area (Å²) in [6.07, 6.45) is 0.591. The van der Waals surface area contributed by atoms with Gasteiger partial charge < -0.3 is 10.9 Å². The molecule has 0 aliphatic rings. The third-order valence-electron chi connectivity index (χ3n) is 3.41. The number of aryl methyl sites for hydroxylation is 2. The summed E-state index contributed by atoms with van der Waals surface area (Å²) in [6, 6.07) is 6.59. The number of nitrogens with two attached hydrogens (primary N) is 1. The maximum absolute atomic E-state index is 8.63. The first kappa shape index (κ1) is 16.5. The van der Waals surface area contributed by atoms with E-state index in [4.69, 9.17) is 10.9 Å². The highest BCUT2D eigenvalue weighted by atomic mass is 16.4. The number of oxime groups is 1. The van der Waals surface area contributed by atoms with Crippen molar-refractivity contribution in [1.29, 1.82) is 0 Å². The average molecular weight is 277 g/mol. The minimum Gasteiger partial charge on any atom is -0.409 e. The van der Waals surface area contributed by atoms with E-state index in [2.05, 4.69) is 55.9 Å². The number of benzene rings is 1. The summed E-state index contributed by atoms with van der Waals surface area (Å²) in [6.45, 7) is 11.4. The molecular weight excluding hydrogens is 250 g/mol. The van der Waals surface area contributed by atoms with Crippen molar-refractivity contribution in [2.45, 2.75) is 40.7 Å². The fraction of sp³-hybridized carbons (Fsp3) is 0.562. The highest BCUT2D eigenvalue weighted by Gasteiger charge is 2.10. The van der Waals surface area contributed by atoms with Gasteiger partial charge >= 0.3 is 0 Å². The topological polar surface area (TPSA) is 61.8 Å². The lowest BCUT2D eigenvalue weighted by atomic mass is 10.1. The zero-order chi connectivity index (χ0) is 15.1. The lowest BCUT2D eigenvalue weighted by Crippen LogP contribution is -2.31.